The van der Waals surface area contributed by atoms with Crippen LogP contribution in [0.2, 0.25) is 0 Å². The van der Waals surface area contributed by atoms with Crippen LogP contribution in [-0.2, 0) is 35.3 Å². The molecule has 3 rings (SSSR count). The molecule has 152 valence electrons. The summed E-state index contributed by atoms with van der Waals surface area (Å²) in [4.78, 5) is 28.7. The summed E-state index contributed by atoms with van der Waals surface area (Å²) in [6.07, 6.45) is 5.52. The molecule has 0 amide bonds. The molecule has 0 fully saturated rings. The minimum atomic E-state index is -0.408. The van der Waals surface area contributed by atoms with Crippen molar-refractivity contribution in [3.63, 3.8) is 0 Å². The zero-order valence-corrected chi connectivity index (χ0v) is 17.0. The van der Waals surface area contributed by atoms with E-state index in [9.17, 15) is 14.0 Å². The number of rotatable bonds is 8. The maximum absolute atomic E-state index is 13.1. The van der Waals surface area contributed by atoms with Crippen LogP contribution < -0.4 is 5.56 Å². The first-order chi connectivity index (χ1) is 13.9. The van der Waals surface area contributed by atoms with E-state index in [-0.39, 0.29) is 24.5 Å². The topological polar surface area (TPSA) is 79.0 Å². The highest BCUT2D eigenvalue weighted by Gasteiger charge is 2.14. The fourth-order valence-corrected chi connectivity index (χ4v) is 3.65. The first-order valence-corrected chi connectivity index (χ1v) is 10.0. The molecule has 0 radical (unpaired) electrons. The van der Waals surface area contributed by atoms with E-state index >= 15 is 0 Å². The van der Waals surface area contributed by atoms with Gasteiger partial charge in [0.2, 0.25) is 0 Å². The van der Waals surface area contributed by atoms with Crippen molar-refractivity contribution >= 4 is 17.7 Å². The van der Waals surface area contributed by atoms with E-state index in [1.165, 1.54) is 23.9 Å². The molecule has 2 aromatic heterocycles. The van der Waals surface area contributed by atoms with E-state index in [1.807, 2.05) is 6.20 Å². The number of esters is 1. The minimum Gasteiger partial charge on any atom is -0.465 e. The zero-order chi connectivity index (χ0) is 20.8. The average molecular weight is 416 g/mol. The van der Waals surface area contributed by atoms with Gasteiger partial charge in [0.1, 0.15) is 12.4 Å². The second-order valence-electron chi connectivity index (χ2n) is 6.40. The Morgan fingerprint density at radius 2 is 1.97 bits per heavy atom. The van der Waals surface area contributed by atoms with Crippen LogP contribution in [0.1, 0.15) is 23.6 Å². The Morgan fingerprint density at radius 1 is 1.21 bits per heavy atom. The van der Waals surface area contributed by atoms with Crippen LogP contribution in [-0.4, -0.2) is 31.9 Å². The van der Waals surface area contributed by atoms with Gasteiger partial charge in [0, 0.05) is 37.2 Å². The lowest BCUT2D eigenvalue weighted by Crippen LogP contribution is -2.23. The van der Waals surface area contributed by atoms with E-state index < -0.39 is 5.97 Å². The number of aromatic nitrogens is 4. The highest BCUT2D eigenvalue weighted by Crippen LogP contribution is 2.21. The lowest BCUT2D eigenvalue weighted by atomic mass is 10.1. The van der Waals surface area contributed by atoms with E-state index in [4.69, 9.17) is 4.74 Å². The number of carbonyl (C=O) groups excluding carboxylic acids is 1. The smallest absolute Gasteiger partial charge is 0.326 e. The Labute approximate surface area is 171 Å². The molecule has 0 aliphatic carbocycles. The van der Waals surface area contributed by atoms with Gasteiger partial charge >= 0.3 is 5.97 Å². The summed E-state index contributed by atoms with van der Waals surface area (Å²) >= 11 is 1.30. The molecule has 0 aliphatic rings. The second-order valence-corrected chi connectivity index (χ2v) is 7.34. The number of benzene rings is 1. The van der Waals surface area contributed by atoms with Gasteiger partial charge < -0.3 is 9.30 Å². The monoisotopic (exact) mass is 416 g/mol. The number of aryl methyl sites for hydroxylation is 1. The van der Waals surface area contributed by atoms with Crippen molar-refractivity contribution < 1.29 is 13.9 Å². The second kappa shape index (κ2) is 9.51. The molecule has 9 heteroatoms. The Morgan fingerprint density at radius 3 is 2.62 bits per heavy atom. The molecule has 0 spiro atoms. The molecule has 7 nitrogen and oxygen atoms in total. The molecule has 3 aromatic rings. The number of thioether (sulfide) groups is 1. The highest BCUT2D eigenvalue weighted by atomic mass is 32.2. The quantitative estimate of drug-likeness (QED) is 0.319. The fourth-order valence-electron chi connectivity index (χ4n) is 2.73. The fraction of sp³-hybridized carbons (Fsp3) is 0.300. The van der Waals surface area contributed by atoms with Crippen LogP contribution in [0.15, 0.2) is 52.8 Å². The van der Waals surface area contributed by atoms with Crippen LogP contribution in [0.3, 0.4) is 0 Å². The van der Waals surface area contributed by atoms with Crippen LogP contribution in [0.4, 0.5) is 4.39 Å². The first-order valence-electron chi connectivity index (χ1n) is 9.05. The number of halogens is 1. The summed E-state index contributed by atoms with van der Waals surface area (Å²) in [7, 11) is 1.80. The van der Waals surface area contributed by atoms with E-state index in [2.05, 4.69) is 10.1 Å². The molecule has 0 bridgehead atoms. The zero-order valence-electron chi connectivity index (χ0n) is 16.2. The molecule has 0 unspecified atom stereocenters. The van der Waals surface area contributed by atoms with Crippen molar-refractivity contribution in [2.75, 3.05) is 6.61 Å². The maximum Gasteiger partial charge on any atom is 0.326 e. The molecule has 0 atom stereocenters. The number of carbonyl (C=O) groups is 1. The van der Waals surface area contributed by atoms with Crippen LogP contribution in [0.5, 0.6) is 0 Å². The molecule has 29 heavy (non-hydrogen) atoms. The lowest BCUT2D eigenvalue weighted by Gasteiger charge is -2.13. The van der Waals surface area contributed by atoms with Crippen molar-refractivity contribution in [2.24, 2.45) is 7.05 Å². The lowest BCUT2D eigenvalue weighted by molar-refractivity contribution is -0.144. The standard InChI is InChI=1S/C20H21FN4O3S/c1-3-28-18(26)12-25-11-16(8-15-9-22-24(2)10-15)19(27)23-20(25)29-13-14-4-6-17(21)7-5-14/h4-7,9-11H,3,8,12-13H2,1-2H3. The number of hydrogen-bond donors (Lipinski definition) is 0. The largest absolute Gasteiger partial charge is 0.465 e. The van der Waals surface area contributed by atoms with Crippen molar-refractivity contribution in [1.29, 1.82) is 0 Å². The van der Waals surface area contributed by atoms with Gasteiger partial charge in [0.25, 0.3) is 5.56 Å². The van der Waals surface area contributed by atoms with Crippen molar-refractivity contribution in [1.82, 2.24) is 19.3 Å². The van der Waals surface area contributed by atoms with Gasteiger partial charge in [-0.15, -0.1) is 0 Å². The van der Waals surface area contributed by atoms with Crippen LogP contribution in [0, 0.1) is 5.82 Å². The summed E-state index contributed by atoms with van der Waals surface area (Å²) < 4.78 is 21.4. The molecular formula is C20H21FN4O3S. The molecule has 2 heterocycles. The highest BCUT2D eigenvalue weighted by molar-refractivity contribution is 7.98. The van der Waals surface area contributed by atoms with Crippen molar-refractivity contribution in [3.05, 3.63) is 75.7 Å². The van der Waals surface area contributed by atoms with Crippen LogP contribution in [0.25, 0.3) is 0 Å². The summed E-state index contributed by atoms with van der Waals surface area (Å²) in [5.41, 5.74) is 1.87. The number of nitrogens with zero attached hydrogens (tertiary/aromatic N) is 4. The minimum absolute atomic E-state index is 0.0487. The molecule has 1 aromatic carbocycles. The van der Waals surface area contributed by atoms with Crippen molar-refractivity contribution in [3.8, 4) is 0 Å². The van der Waals surface area contributed by atoms with E-state index in [0.717, 1.165) is 11.1 Å². The Hall–Kier alpha value is -2.94. The molecule has 0 aliphatic heterocycles. The first kappa shape index (κ1) is 20.8. The summed E-state index contributed by atoms with van der Waals surface area (Å²) in [6, 6.07) is 6.11. The maximum atomic E-state index is 13.1. The number of ether oxygens (including phenoxy) is 1. The Balaban J connectivity index is 1.86. The van der Waals surface area contributed by atoms with Gasteiger partial charge in [-0.05, 0) is 30.2 Å². The van der Waals surface area contributed by atoms with Crippen LogP contribution >= 0.6 is 11.8 Å². The number of hydrogen-bond acceptors (Lipinski definition) is 6. The predicted octanol–water partition coefficient (Wildman–Crippen LogP) is 2.56. The Bertz CT molecular complexity index is 1050. The van der Waals surface area contributed by atoms with Gasteiger partial charge in [-0.2, -0.15) is 10.1 Å². The van der Waals surface area contributed by atoms with Gasteiger partial charge in [-0.25, -0.2) is 4.39 Å². The van der Waals surface area contributed by atoms with Gasteiger partial charge in [-0.3, -0.25) is 14.3 Å². The van der Waals surface area contributed by atoms with Crippen molar-refractivity contribution in [2.45, 2.75) is 30.8 Å². The average Bonchev–Trinajstić information content (AvgIpc) is 3.09. The molecule has 0 N–H and O–H groups in total. The third-order valence-electron chi connectivity index (χ3n) is 4.07. The third kappa shape index (κ3) is 5.77. The van der Waals surface area contributed by atoms with Gasteiger partial charge in [0.15, 0.2) is 5.16 Å². The SMILES string of the molecule is CCOC(=O)Cn1cc(Cc2cnn(C)c2)c(=O)nc1SCc1ccc(F)cc1. The summed E-state index contributed by atoms with van der Waals surface area (Å²) in [5.74, 6) is -0.234. The predicted molar refractivity (Wildman–Crippen MR) is 107 cm³/mol. The molecule has 0 saturated carbocycles. The normalized spacial score (nSPS) is 10.9. The molecular weight excluding hydrogens is 395 g/mol. The summed E-state index contributed by atoms with van der Waals surface area (Å²) in [6.45, 7) is 1.96. The van der Waals surface area contributed by atoms with E-state index in [1.54, 1.807) is 47.7 Å². The molecule has 0 saturated heterocycles. The third-order valence-corrected chi connectivity index (χ3v) is 5.13. The van der Waals surface area contributed by atoms with E-state index in [0.29, 0.717) is 22.9 Å². The Kier molecular flexibility index (Phi) is 6.82. The summed E-state index contributed by atoms with van der Waals surface area (Å²) in [5, 5.41) is 4.51. The van der Waals surface area contributed by atoms with Gasteiger partial charge in [0.05, 0.1) is 12.8 Å². The van der Waals surface area contributed by atoms with Gasteiger partial charge in [-0.1, -0.05) is 23.9 Å².